The monoisotopic (exact) mass is 441 g/mol. The zero-order chi connectivity index (χ0) is 21.5. The van der Waals surface area contributed by atoms with Gasteiger partial charge in [0.2, 0.25) is 0 Å². The zero-order valence-corrected chi connectivity index (χ0v) is 17.4. The molecule has 0 fully saturated rings. The lowest BCUT2D eigenvalue weighted by atomic mass is 10.1. The molecule has 0 aromatic heterocycles. The Kier molecular flexibility index (Phi) is 7.06. The number of ether oxygens (including phenoxy) is 1. The number of nitrogens with zero attached hydrogens (tertiary/aromatic N) is 1. The second kappa shape index (κ2) is 9.91. The van der Waals surface area contributed by atoms with E-state index in [1.807, 2.05) is 6.07 Å². The summed E-state index contributed by atoms with van der Waals surface area (Å²) in [5, 5.41) is 7.46. The van der Waals surface area contributed by atoms with Crippen LogP contribution in [0.5, 0.6) is 5.75 Å². The normalized spacial score (nSPS) is 10.6. The molecule has 0 spiro atoms. The van der Waals surface area contributed by atoms with Crippen LogP contribution < -0.4 is 15.5 Å². The molecule has 0 saturated carbocycles. The third-order valence-corrected chi connectivity index (χ3v) is 4.55. The molecule has 0 unspecified atom stereocenters. The predicted molar refractivity (Wildman–Crippen MR) is 119 cm³/mol. The van der Waals surface area contributed by atoms with Crippen LogP contribution in [0.1, 0.15) is 26.3 Å². The van der Waals surface area contributed by atoms with Crippen molar-refractivity contribution in [3.8, 4) is 5.75 Å². The molecule has 0 saturated heterocycles. The molecule has 30 heavy (non-hydrogen) atoms. The molecule has 8 heteroatoms. The first kappa shape index (κ1) is 21.4. The standard InChI is InChI=1S/C22H17Cl2N3O3/c1-30-20-16(11-17(23)12-19(20)24)13-25-27-22(29)15-7-9-18(10-8-15)26-21(28)14-5-3-2-4-6-14/h2-13H,1H3,(H,26,28)(H,27,29). The van der Waals surface area contributed by atoms with Crippen molar-refractivity contribution in [2.75, 3.05) is 12.4 Å². The summed E-state index contributed by atoms with van der Waals surface area (Å²) in [6.45, 7) is 0. The Morgan fingerprint density at radius 2 is 1.60 bits per heavy atom. The molecule has 3 aromatic rings. The second-order valence-electron chi connectivity index (χ2n) is 6.11. The molecule has 0 aliphatic carbocycles. The topological polar surface area (TPSA) is 79.8 Å². The number of hydrogen-bond acceptors (Lipinski definition) is 4. The maximum absolute atomic E-state index is 12.3. The molecule has 0 atom stereocenters. The minimum atomic E-state index is -0.417. The van der Waals surface area contributed by atoms with Gasteiger partial charge in [-0.2, -0.15) is 5.10 Å². The van der Waals surface area contributed by atoms with E-state index >= 15 is 0 Å². The van der Waals surface area contributed by atoms with Crippen molar-refractivity contribution in [3.05, 3.63) is 93.5 Å². The first-order chi connectivity index (χ1) is 14.5. The quantitative estimate of drug-likeness (QED) is 0.416. The number of amides is 2. The molecular weight excluding hydrogens is 425 g/mol. The summed E-state index contributed by atoms with van der Waals surface area (Å²) in [6.07, 6.45) is 1.39. The lowest BCUT2D eigenvalue weighted by Gasteiger charge is -2.08. The number of nitrogens with one attached hydrogen (secondary N) is 2. The van der Waals surface area contributed by atoms with Crippen LogP contribution in [0.4, 0.5) is 5.69 Å². The average molecular weight is 442 g/mol. The van der Waals surface area contributed by atoms with Crippen LogP contribution in [0.15, 0.2) is 71.8 Å². The van der Waals surface area contributed by atoms with Gasteiger partial charge in [0.1, 0.15) is 5.75 Å². The third-order valence-electron chi connectivity index (χ3n) is 4.05. The van der Waals surface area contributed by atoms with E-state index < -0.39 is 5.91 Å². The Morgan fingerprint density at radius 1 is 0.933 bits per heavy atom. The van der Waals surface area contributed by atoms with Gasteiger partial charge in [-0.1, -0.05) is 41.4 Å². The van der Waals surface area contributed by atoms with Crippen LogP contribution in [0, 0.1) is 0 Å². The van der Waals surface area contributed by atoms with E-state index in [1.54, 1.807) is 60.7 Å². The summed E-state index contributed by atoms with van der Waals surface area (Å²) >= 11 is 12.1. The molecule has 0 aliphatic heterocycles. The minimum absolute atomic E-state index is 0.230. The molecule has 6 nitrogen and oxygen atoms in total. The fraction of sp³-hybridized carbons (Fsp3) is 0.0455. The largest absolute Gasteiger partial charge is 0.495 e. The van der Waals surface area contributed by atoms with Crippen LogP contribution in [0.3, 0.4) is 0 Å². The number of hydrazone groups is 1. The van der Waals surface area contributed by atoms with Crippen molar-refractivity contribution in [3.63, 3.8) is 0 Å². The van der Waals surface area contributed by atoms with E-state index in [0.717, 1.165) is 0 Å². The number of halogens is 2. The SMILES string of the molecule is COc1c(Cl)cc(Cl)cc1C=NNC(=O)c1ccc(NC(=O)c2ccccc2)cc1. The Morgan fingerprint density at radius 3 is 2.27 bits per heavy atom. The van der Waals surface area contributed by atoms with Gasteiger partial charge < -0.3 is 10.1 Å². The summed E-state index contributed by atoms with van der Waals surface area (Å²) in [6, 6.07) is 18.5. The first-order valence-electron chi connectivity index (χ1n) is 8.81. The maximum atomic E-state index is 12.3. The summed E-state index contributed by atoms with van der Waals surface area (Å²) in [5.74, 6) is -0.247. The highest BCUT2D eigenvalue weighted by Crippen LogP contribution is 2.31. The molecular formula is C22H17Cl2N3O3. The van der Waals surface area contributed by atoms with E-state index in [2.05, 4.69) is 15.8 Å². The van der Waals surface area contributed by atoms with E-state index in [9.17, 15) is 9.59 Å². The fourth-order valence-corrected chi connectivity index (χ4v) is 3.20. The summed E-state index contributed by atoms with van der Waals surface area (Å²) in [4.78, 5) is 24.5. The molecule has 0 aliphatic rings. The predicted octanol–water partition coefficient (Wildman–Crippen LogP) is 5.02. The van der Waals surface area contributed by atoms with Gasteiger partial charge in [0.15, 0.2) is 0 Å². The molecule has 152 valence electrons. The van der Waals surface area contributed by atoms with Gasteiger partial charge >= 0.3 is 0 Å². The van der Waals surface area contributed by atoms with Crippen LogP contribution in [-0.4, -0.2) is 25.1 Å². The van der Waals surface area contributed by atoms with Crippen molar-refractivity contribution in [2.24, 2.45) is 5.10 Å². The van der Waals surface area contributed by atoms with Crippen molar-refractivity contribution >= 4 is 46.9 Å². The molecule has 0 bridgehead atoms. The molecule has 3 rings (SSSR count). The van der Waals surface area contributed by atoms with E-state index in [4.69, 9.17) is 27.9 Å². The number of rotatable bonds is 6. The third kappa shape index (κ3) is 5.37. The lowest BCUT2D eigenvalue weighted by molar-refractivity contribution is 0.0954. The zero-order valence-electron chi connectivity index (χ0n) is 15.9. The number of benzene rings is 3. The van der Waals surface area contributed by atoms with Crippen LogP contribution in [0.2, 0.25) is 10.0 Å². The van der Waals surface area contributed by atoms with Gasteiger partial charge in [0, 0.05) is 27.4 Å². The molecule has 2 N–H and O–H groups in total. The highest BCUT2D eigenvalue weighted by atomic mass is 35.5. The van der Waals surface area contributed by atoms with E-state index in [0.29, 0.717) is 38.2 Å². The maximum Gasteiger partial charge on any atom is 0.271 e. The van der Waals surface area contributed by atoms with E-state index in [-0.39, 0.29) is 5.91 Å². The van der Waals surface area contributed by atoms with Crippen LogP contribution in [-0.2, 0) is 0 Å². The van der Waals surface area contributed by atoms with Gasteiger partial charge in [0.25, 0.3) is 11.8 Å². The first-order valence-corrected chi connectivity index (χ1v) is 9.56. The Labute approximate surface area is 183 Å². The van der Waals surface area contributed by atoms with E-state index in [1.165, 1.54) is 13.3 Å². The van der Waals surface area contributed by atoms with Gasteiger partial charge in [-0.3, -0.25) is 9.59 Å². The van der Waals surface area contributed by atoms with Gasteiger partial charge in [-0.15, -0.1) is 0 Å². The van der Waals surface area contributed by atoms with Crippen molar-refractivity contribution < 1.29 is 14.3 Å². The summed E-state index contributed by atoms with van der Waals surface area (Å²) in [7, 11) is 1.48. The molecule has 2 amide bonds. The van der Waals surface area contributed by atoms with Gasteiger partial charge in [-0.25, -0.2) is 5.43 Å². The van der Waals surface area contributed by atoms with Crippen LogP contribution >= 0.6 is 23.2 Å². The highest BCUT2D eigenvalue weighted by molar-refractivity contribution is 6.36. The summed E-state index contributed by atoms with van der Waals surface area (Å²) < 4.78 is 5.22. The number of methoxy groups -OCH3 is 1. The van der Waals surface area contributed by atoms with Crippen molar-refractivity contribution in [1.82, 2.24) is 5.43 Å². The molecule has 0 heterocycles. The Balaban J connectivity index is 1.63. The number of anilines is 1. The lowest BCUT2D eigenvalue weighted by Crippen LogP contribution is -2.18. The second-order valence-corrected chi connectivity index (χ2v) is 6.95. The highest BCUT2D eigenvalue weighted by Gasteiger charge is 2.10. The van der Waals surface area contributed by atoms with Gasteiger partial charge in [-0.05, 0) is 48.5 Å². The van der Waals surface area contributed by atoms with Crippen LogP contribution in [0.25, 0.3) is 0 Å². The molecule has 3 aromatic carbocycles. The molecule has 0 radical (unpaired) electrons. The fourth-order valence-electron chi connectivity index (χ4n) is 2.61. The Hall–Kier alpha value is -3.35. The smallest absolute Gasteiger partial charge is 0.271 e. The van der Waals surface area contributed by atoms with Crippen molar-refractivity contribution in [2.45, 2.75) is 0 Å². The number of carbonyl (C=O) groups excluding carboxylic acids is 2. The Bertz CT molecular complexity index is 1080. The average Bonchev–Trinajstić information content (AvgIpc) is 2.74. The number of hydrogen-bond donors (Lipinski definition) is 2. The minimum Gasteiger partial charge on any atom is -0.495 e. The summed E-state index contributed by atoms with van der Waals surface area (Å²) in [5.41, 5.74) is 4.44. The van der Waals surface area contributed by atoms with Crippen molar-refractivity contribution in [1.29, 1.82) is 0 Å². The van der Waals surface area contributed by atoms with Gasteiger partial charge in [0.05, 0.1) is 18.3 Å². The number of carbonyl (C=O) groups is 2.